The van der Waals surface area contributed by atoms with E-state index in [1.165, 1.54) is 18.6 Å². The minimum atomic E-state index is 0.710. The first-order valence-corrected chi connectivity index (χ1v) is 5.78. The van der Waals surface area contributed by atoms with Crippen LogP contribution in [0.15, 0.2) is 0 Å². The molecule has 0 rings (SSSR count). The van der Waals surface area contributed by atoms with Crippen LogP contribution in [0.1, 0.15) is 26.7 Å². The van der Waals surface area contributed by atoms with Gasteiger partial charge in [-0.3, -0.25) is 0 Å². The molecule has 0 spiro atoms. The third-order valence-corrected chi connectivity index (χ3v) is 2.74. The van der Waals surface area contributed by atoms with Gasteiger partial charge in [-0.1, -0.05) is 13.8 Å². The SMILES string of the molecule is CNC(CCCSC)C(C)C. The molecule has 1 N–H and O–H groups in total. The average Bonchev–Trinajstić information content (AvgIpc) is 1.97. The largest absolute Gasteiger partial charge is 0.317 e. The maximum Gasteiger partial charge on any atom is 0.00873 e. The van der Waals surface area contributed by atoms with Crippen molar-refractivity contribution in [2.24, 2.45) is 5.92 Å². The molecular formula is C9H21NS. The molecule has 0 radical (unpaired) electrons. The summed E-state index contributed by atoms with van der Waals surface area (Å²) in [6.45, 7) is 4.56. The molecule has 11 heavy (non-hydrogen) atoms. The third-order valence-electron chi connectivity index (χ3n) is 2.04. The monoisotopic (exact) mass is 175 g/mol. The second-order valence-electron chi connectivity index (χ2n) is 3.27. The van der Waals surface area contributed by atoms with E-state index in [2.05, 4.69) is 32.5 Å². The van der Waals surface area contributed by atoms with Gasteiger partial charge in [0.25, 0.3) is 0 Å². The van der Waals surface area contributed by atoms with Gasteiger partial charge in [0.2, 0.25) is 0 Å². The van der Waals surface area contributed by atoms with Crippen molar-refractivity contribution < 1.29 is 0 Å². The molecule has 0 saturated heterocycles. The summed E-state index contributed by atoms with van der Waals surface area (Å²) in [6, 6.07) is 0.710. The Morgan fingerprint density at radius 3 is 2.36 bits per heavy atom. The predicted molar refractivity (Wildman–Crippen MR) is 55.3 cm³/mol. The summed E-state index contributed by atoms with van der Waals surface area (Å²) < 4.78 is 0. The molecule has 0 fully saturated rings. The summed E-state index contributed by atoms with van der Waals surface area (Å²) in [5.41, 5.74) is 0. The molecule has 0 aromatic heterocycles. The van der Waals surface area contributed by atoms with E-state index in [9.17, 15) is 0 Å². The van der Waals surface area contributed by atoms with Crippen LogP contribution in [0.3, 0.4) is 0 Å². The van der Waals surface area contributed by atoms with E-state index in [1.54, 1.807) is 0 Å². The van der Waals surface area contributed by atoms with Crippen LogP contribution in [0.2, 0.25) is 0 Å². The normalized spacial score (nSPS) is 13.9. The molecule has 1 unspecified atom stereocenters. The number of hydrogen-bond donors (Lipinski definition) is 1. The lowest BCUT2D eigenvalue weighted by Crippen LogP contribution is -2.30. The Kier molecular flexibility index (Phi) is 7.18. The number of thioether (sulfide) groups is 1. The molecular weight excluding hydrogens is 154 g/mol. The predicted octanol–water partition coefficient (Wildman–Crippen LogP) is 2.37. The molecule has 0 aromatic carbocycles. The fourth-order valence-corrected chi connectivity index (χ4v) is 1.71. The topological polar surface area (TPSA) is 12.0 Å². The Morgan fingerprint density at radius 1 is 1.36 bits per heavy atom. The van der Waals surface area contributed by atoms with E-state index in [4.69, 9.17) is 0 Å². The van der Waals surface area contributed by atoms with Gasteiger partial charge in [-0.05, 0) is 37.8 Å². The van der Waals surface area contributed by atoms with Crippen molar-refractivity contribution in [2.75, 3.05) is 19.1 Å². The molecule has 0 aliphatic rings. The lowest BCUT2D eigenvalue weighted by atomic mass is 10.0. The number of hydrogen-bond acceptors (Lipinski definition) is 2. The van der Waals surface area contributed by atoms with Gasteiger partial charge in [0.1, 0.15) is 0 Å². The van der Waals surface area contributed by atoms with Crippen LogP contribution in [-0.2, 0) is 0 Å². The summed E-state index contributed by atoms with van der Waals surface area (Å²) in [5.74, 6) is 2.06. The minimum Gasteiger partial charge on any atom is -0.317 e. The van der Waals surface area contributed by atoms with Gasteiger partial charge in [-0.15, -0.1) is 0 Å². The van der Waals surface area contributed by atoms with E-state index in [-0.39, 0.29) is 0 Å². The highest BCUT2D eigenvalue weighted by atomic mass is 32.2. The highest BCUT2D eigenvalue weighted by Gasteiger charge is 2.08. The second kappa shape index (κ2) is 6.99. The summed E-state index contributed by atoms with van der Waals surface area (Å²) in [4.78, 5) is 0. The Bertz CT molecular complexity index is 83.6. The van der Waals surface area contributed by atoms with Crippen molar-refractivity contribution >= 4 is 11.8 Å². The molecule has 0 aromatic rings. The molecule has 0 aliphatic carbocycles. The van der Waals surface area contributed by atoms with Crippen molar-refractivity contribution in [3.63, 3.8) is 0 Å². The van der Waals surface area contributed by atoms with E-state index < -0.39 is 0 Å². The smallest absolute Gasteiger partial charge is 0.00873 e. The molecule has 68 valence electrons. The molecule has 0 bridgehead atoms. The van der Waals surface area contributed by atoms with E-state index in [0.29, 0.717) is 6.04 Å². The van der Waals surface area contributed by atoms with Crippen LogP contribution < -0.4 is 5.32 Å². The number of rotatable bonds is 6. The van der Waals surface area contributed by atoms with Crippen LogP contribution in [-0.4, -0.2) is 25.1 Å². The first-order chi connectivity index (χ1) is 5.22. The molecule has 1 nitrogen and oxygen atoms in total. The molecule has 1 atom stereocenters. The van der Waals surface area contributed by atoms with Gasteiger partial charge in [0.15, 0.2) is 0 Å². The van der Waals surface area contributed by atoms with E-state index >= 15 is 0 Å². The van der Waals surface area contributed by atoms with Gasteiger partial charge in [-0.25, -0.2) is 0 Å². The summed E-state index contributed by atoms with van der Waals surface area (Å²) in [5, 5.41) is 3.35. The third kappa shape index (κ3) is 5.57. The zero-order chi connectivity index (χ0) is 8.69. The lowest BCUT2D eigenvalue weighted by Gasteiger charge is -2.19. The van der Waals surface area contributed by atoms with Crippen LogP contribution in [0.25, 0.3) is 0 Å². The minimum absolute atomic E-state index is 0.710. The van der Waals surface area contributed by atoms with Crippen molar-refractivity contribution in [2.45, 2.75) is 32.7 Å². The summed E-state index contributed by atoms with van der Waals surface area (Å²) in [7, 11) is 2.06. The van der Waals surface area contributed by atoms with Crippen molar-refractivity contribution in [1.82, 2.24) is 5.32 Å². The Balaban J connectivity index is 3.36. The second-order valence-corrected chi connectivity index (χ2v) is 4.26. The van der Waals surface area contributed by atoms with Gasteiger partial charge in [-0.2, -0.15) is 11.8 Å². The van der Waals surface area contributed by atoms with Gasteiger partial charge in [0.05, 0.1) is 0 Å². The van der Waals surface area contributed by atoms with Crippen LogP contribution >= 0.6 is 11.8 Å². The van der Waals surface area contributed by atoms with Crippen molar-refractivity contribution in [3.8, 4) is 0 Å². The first kappa shape index (κ1) is 11.3. The van der Waals surface area contributed by atoms with Crippen molar-refractivity contribution in [1.29, 1.82) is 0 Å². The summed E-state index contributed by atoms with van der Waals surface area (Å²) in [6.07, 6.45) is 4.82. The van der Waals surface area contributed by atoms with Crippen LogP contribution in [0.4, 0.5) is 0 Å². The zero-order valence-electron chi connectivity index (χ0n) is 8.18. The highest BCUT2D eigenvalue weighted by molar-refractivity contribution is 7.98. The quantitative estimate of drug-likeness (QED) is 0.622. The molecule has 0 amide bonds. The standard InChI is InChI=1S/C9H21NS/c1-8(2)9(10-3)6-5-7-11-4/h8-10H,5-7H2,1-4H3. The van der Waals surface area contributed by atoms with Gasteiger partial charge in [0, 0.05) is 6.04 Å². The van der Waals surface area contributed by atoms with Gasteiger partial charge < -0.3 is 5.32 Å². The molecule has 0 heterocycles. The van der Waals surface area contributed by atoms with Crippen LogP contribution in [0.5, 0.6) is 0 Å². The fourth-order valence-electron chi connectivity index (χ4n) is 1.26. The Hall–Kier alpha value is 0.310. The lowest BCUT2D eigenvalue weighted by molar-refractivity contribution is 0.400. The zero-order valence-corrected chi connectivity index (χ0v) is 9.00. The average molecular weight is 175 g/mol. The van der Waals surface area contributed by atoms with E-state index in [0.717, 1.165) is 5.92 Å². The molecule has 0 aliphatic heterocycles. The highest BCUT2D eigenvalue weighted by Crippen LogP contribution is 2.09. The number of nitrogens with one attached hydrogen (secondary N) is 1. The maximum absolute atomic E-state index is 3.35. The first-order valence-electron chi connectivity index (χ1n) is 4.38. The Labute approximate surface area is 75.3 Å². The molecule has 0 saturated carbocycles. The van der Waals surface area contributed by atoms with E-state index in [1.807, 2.05) is 11.8 Å². The Morgan fingerprint density at radius 2 is 2.00 bits per heavy atom. The fraction of sp³-hybridized carbons (Fsp3) is 1.00. The van der Waals surface area contributed by atoms with Crippen LogP contribution in [0, 0.1) is 5.92 Å². The molecule has 2 heteroatoms. The van der Waals surface area contributed by atoms with Crippen molar-refractivity contribution in [3.05, 3.63) is 0 Å². The summed E-state index contributed by atoms with van der Waals surface area (Å²) >= 11 is 1.94. The van der Waals surface area contributed by atoms with Gasteiger partial charge >= 0.3 is 0 Å². The maximum atomic E-state index is 3.35.